The second-order valence-electron chi connectivity index (χ2n) is 16.7. The number of hydrogen-bond donors (Lipinski definition) is 0. The molecule has 0 heterocycles. The fourth-order valence-electron chi connectivity index (χ4n) is 6.55. The third kappa shape index (κ3) is 31.4. The molecule has 0 aromatic heterocycles. The van der Waals surface area contributed by atoms with Crippen LogP contribution in [0.4, 0.5) is 0 Å². The molecule has 2 nitrogen and oxygen atoms in total. The van der Waals surface area contributed by atoms with Gasteiger partial charge in [0.25, 0.3) is 0 Å². The Hall–Kier alpha value is 0.137. The highest BCUT2D eigenvalue weighted by atomic mass is 28.4. The molecule has 46 heavy (non-hydrogen) atoms. The SMILES string of the molecule is CCCCCCCCCCCCCCCCN(CCCCCCCCCCCCCCCC)CCCCCO[Si](C)(C)C(C)(C)C. The van der Waals surface area contributed by atoms with Gasteiger partial charge >= 0.3 is 0 Å². The average Bonchev–Trinajstić information content (AvgIpc) is 3.02. The van der Waals surface area contributed by atoms with Crippen molar-refractivity contribution in [1.82, 2.24) is 4.90 Å². The molecule has 0 atom stereocenters. The Kier molecular flexibility index (Phi) is 33.7. The van der Waals surface area contributed by atoms with E-state index < -0.39 is 8.32 Å². The van der Waals surface area contributed by atoms with E-state index in [-0.39, 0.29) is 0 Å². The Morgan fingerprint density at radius 1 is 0.370 bits per heavy atom. The van der Waals surface area contributed by atoms with Crippen molar-refractivity contribution in [3.8, 4) is 0 Å². The minimum absolute atomic E-state index is 0.324. The van der Waals surface area contributed by atoms with E-state index >= 15 is 0 Å². The monoisotopic (exact) mass is 666 g/mol. The molecule has 0 rings (SSSR count). The fraction of sp³-hybridized carbons (Fsp3) is 1.00. The number of nitrogens with zero attached hydrogens (tertiary/aromatic N) is 1. The summed E-state index contributed by atoms with van der Waals surface area (Å²) in [5.41, 5.74) is 0. The number of hydrogen-bond acceptors (Lipinski definition) is 2. The molecule has 0 N–H and O–H groups in total. The maximum absolute atomic E-state index is 6.44. The summed E-state index contributed by atoms with van der Waals surface area (Å²) in [7, 11) is -1.59. The van der Waals surface area contributed by atoms with Crippen LogP contribution in [0.5, 0.6) is 0 Å². The van der Waals surface area contributed by atoms with Crippen molar-refractivity contribution in [1.29, 1.82) is 0 Å². The lowest BCUT2D eigenvalue weighted by Gasteiger charge is -2.36. The minimum atomic E-state index is -1.59. The summed E-state index contributed by atoms with van der Waals surface area (Å²) >= 11 is 0. The van der Waals surface area contributed by atoms with Crippen LogP contribution in [0.3, 0.4) is 0 Å². The summed E-state index contributed by atoms with van der Waals surface area (Å²) in [6, 6.07) is 0. The molecule has 0 aliphatic heterocycles. The lowest BCUT2D eigenvalue weighted by molar-refractivity contribution is 0.243. The highest BCUT2D eigenvalue weighted by Crippen LogP contribution is 2.36. The molecule has 0 saturated carbocycles. The van der Waals surface area contributed by atoms with Crippen LogP contribution >= 0.6 is 0 Å². The van der Waals surface area contributed by atoms with E-state index in [9.17, 15) is 0 Å². The van der Waals surface area contributed by atoms with Crippen LogP contribution in [0.1, 0.15) is 234 Å². The van der Waals surface area contributed by atoms with Crippen molar-refractivity contribution < 1.29 is 4.43 Å². The molecule has 0 radical (unpaired) electrons. The molecule has 0 aliphatic rings. The van der Waals surface area contributed by atoms with Crippen LogP contribution in [-0.2, 0) is 4.43 Å². The Balaban J connectivity index is 4.04. The molecule has 278 valence electrons. The van der Waals surface area contributed by atoms with Crippen molar-refractivity contribution in [3.05, 3.63) is 0 Å². The number of rotatable bonds is 37. The van der Waals surface area contributed by atoms with Gasteiger partial charge in [-0.1, -0.05) is 202 Å². The quantitative estimate of drug-likeness (QED) is 0.0483. The molecular weight excluding hydrogens is 575 g/mol. The van der Waals surface area contributed by atoms with E-state index in [4.69, 9.17) is 4.43 Å². The van der Waals surface area contributed by atoms with Gasteiger partial charge in [0.05, 0.1) is 0 Å². The zero-order chi connectivity index (χ0) is 34.0. The van der Waals surface area contributed by atoms with E-state index in [1.165, 1.54) is 219 Å². The van der Waals surface area contributed by atoms with Crippen molar-refractivity contribution in [2.75, 3.05) is 26.2 Å². The largest absolute Gasteiger partial charge is 0.417 e. The standard InChI is InChI=1S/C43H91NOSi/c1-8-10-12-14-16-18-20-22-24-26-28-30-32-35-39-44(41-37-34-38-42-45-46(6,7)43(3,4)5)40-36-33-31-29-27-25-23-21-19-17-15-13-11-9-2/h8-42H2,1-7H3. The first kappa shape index (κ1) is 46.1. The van der Waals surface area contributed by atoms with Crippen LogP contribution in [0, 0.1) is 0 Å². The summed E-state index contributed by atoms with van der Waals surface area (Å²) in [6.45, 7) is 21.4. The van der Waals surface area contributed by atoms with Crippen LogP contribution in [-0.4, -0.2) is 39.5 Å². The molecular formula is C43H91NOSi. The van der Waals surface area contributed by atoms with Gasteiger partial charge in [0.1, 0.15) is 0 Å². The van der Waals surface area contributed by atoms with Crippen molar-refractivity contribution >= 4 is 8.32 Å². The first-order chi connectivity index (χ1) is 22.2. The Morgan fingerprint density at radius 2 is 0.609 bits per heavy atom. The fourth-order valence-corrected chi connectivity index (χ4v) is 7.64. The first-order valence-electron chi connectivity index (χ1n) is 21.6. The summed E-state index contributed by atoms with van der Waals surface area (Å²) in [6.07, 6.45) is 44.5. The molecule has 0 amide bonds. The van der Waals surface area contributed by atoms with Gasteiger partial charge in [-0.25, -0.2) is 0 Å². The zero-order valence-corrected chi connectivity index (χ0v) is 34.6. The van der Waals surface area contributed by atoms with E-state index in [1.807, 2.05) is 0 Å². The lowest BCUT2D eigenvalue weighted by atomic mass is 10.0. The Bertz CT molecular complexity index is 554. The van der Waals surface area contributed by atoms with Crippen molar-refractivity contribution in [2.45, 2.75) is 252 Å². The van der Waals surface area contributed by atoms with E-state index in [0.29, 0.717) is 5.04 Å². The van der Waals surface area contributed by atoms with Crippen LogP contribution < -0.4 is 0 Å². The van der Waals surface area contributed by atoms with Crippen LogP contribution in [0.25, 0.3) is 0 Å². The molecule has 0 spiro atoms. The molecule has 3 heteroatoms. The summed E-state index contributed by atoms with van der Waals surface area (Å²) in [5.74, 6) is 0. The third-order valence-corrected chi connectivity index (χ3v) is 15.6. The maximum Gasteiger partial charge on any atom is 0.191 e. The van der Waals surface area contributed by atoms with Gasteiger partial charge < -0.3 is 9.33 Å². The van der Waals surface area contributed by atoms with Gasteiger partial charge in [-0.2, -0.15) is 0 Å². The average molecular weight is 666 g/mol. The normalized spacial score (nSPS) is 12.5. The topological polar surface area (TPSA) is 12.5 Å². The van der Waals surface area contributed by atoms with Gasteiger partial charge in [0, 0.05) is 6.61 Å². The third-order valence-electron chi connectivity index (χ3n) is 11.0. The smallest absolute Gasteiger partial charge is 0.191 e. The predicted octanol–water partition coefficient (Wildman–Crippen LogP) is 15.4. The van der Waals surface area contributed by atoms with E-state index in [1.54, 1.807) is 0 Å². The molecule has 0 saturated heterocycles. The predicted molar refractivity (Wildman–Crippen MR) is 214 cm³/mol. The summed E-state index contributed by atoms with van der Waals surface area (Å²) in [5, 5.41) is 0.324. The molecule has 0 bridgehead atoms. The van der Waals surface area contributed by atoms with Gasteiger partial charge in [-0.3, -0.25) is 0 Å². The lowest BCUT2D eigenvalue weighted by Crippen LogP contribution is -2.40. The number of unbranched alkanes of at least 4 members (excludes halogenated alkanes) is 28. The highest BCUT2D eigenvalue weighted by molar-refractivity contribution is 6.74. The molecule has 0 aromatic carbocycles. The second kappa shape index (κ2) is 33.6. The van der Waals surface area contributed by atoms with Gasteiger partial charge in [-0.15, -0.1) is 0 Å². The van der Waals surface area contributed by atoms with E-state index in [2.05, 4.69) is 52.6 Å². The van der Waals surface area contributed by atoms with Crippen molar-refractivity contribution in [3.63, 3.8) is 0 Å². The Labute approximate surface area is 294 Å². The first-order valence-corrected chi connectivity index (χ1v) is 24.5. The Morgan fingerprint density at radius 3 is 0.870 bits per heavy atom. The zero-order valence-electron chi connectivity index (χ0n) is 33.6. The van der Waals surface area contributed by atoms with Crippen LogP contribution in [0.15, 0.2) is 0 Å². The minimum Gasteiger partial charge on any atom is -0.417 e. The van der Waals surface area contributed by atoms with Crippen molar-refractivity contribution in [2.24, 2.45) is 0 Å². The van der Waals surface area contributed by atoms with E-state index in [0.717, 1.165) is 6.61 Å². The summed E-state index contributed by atoms with van der Waals surface area (Å²) in [4.78, 5) is 2.83. The molecule has 0 fully saturated rings. The van der Waals surface area contributed by atoms with Crippen LogP contribution in [0.2, 0.25) is 18.1 Å². The maximum atomic E-state index is 6.44. The molecule has 0 aromatic rings. The van der Waals surface area contributed by atoms with Gasteiger partial charge in [-0.05, 0) is 69.9 Å². The highest BCUT2D eigenvalue weighted by Gasteiger charge is 2.36. The second-order valence-corrected chi connectivity index (χ2v) is 21.5. The molecule has 0 aliphatic carbocycles. The van der Waals surface area contributed by atoms with Gasteiger partial charge in [0.15, 0.2) is 8.32 Å². The molecule has 0 unspecified atom stereocenters. The summed E-state index contributed by atoms with van der Waals surface area (Å²) < 4.78 is 6.44. The van der Waals surface area contributed by atoms with Gasteiger partial charge in [0.2, 0.25) is 0 Å².